The molecule has 0 saturated heterocycles. The summed E-state index contributed by atoms with van der Waals surface area (Å²) < 4.78 is 6.24. The normalized spacial score (nSPS) is 16.0. The van der Waals surface area contributed by atoms with Gasteiger partial charge >= 0.3 is 228 Å². The van der Waals surface area contributed by atoms with E-state index in [0.717, 1.165) is 23.4 Å². The summed E-state index contributed by atoms with van der Waals surface area (Å²) in [5.74, 6) is 0.879. The molecule has 1 aliphatic rings. The van der Waals surface area contributed by atoms with Gasteiger partial charge in [-0.2, -0.15) is 0 Å². The van der Waals surface area contributed by atoms with Crippen molar-refractivity contribution in [3.63, 3.8) is 0 Å². The van der Waals surface area contributed by atoms with Crippen molar-refractivity contribution >= 4 is 48.4 Å². The van der Waals surface area contributed by atoms with Gasteiger partial charge in [0.05, 0.1) is 0 Å². The van der Waals surface area contributed by atoms with Crippen LogP contribution in [0.4, 0.5) is 10.5 Å². The number of benzene rings is 4. The molecule has 6 heteroatoms. The first kappa shape index (κ1) is 25.5. The van der Waals surface area contributed by atoms with Gasteiger partial charge in [0.15, 0.2) is 0 Å². The number of anilines is 1. The van der Waals surface area contributed by atoms with Crippen molar-refractivity contribution in [3.05, 3.63) is 115 Å². The van der Waals surface area contributed by atoms with E-state index < -0.39 is 5.31 Å². The summed E-state index contributed by atoms with van der Waals surface area (Å²) in [6.45, 7) is 3.18. The fraction of sp³-hybridized carbons (Fsp3) is 0.194. The van der Waals surface area contributed by atoms with Gasteiger partial charge in [0.1, 0.15) is 0 Å². The van der Waals surface area contributed by atoms with Crippen LogP contribution in [0.5, 0.6) is 5.75 Å². The Morgan fingerprint density at radius 2 is 1.41 bits per heavy atom. The zero-order chi connectivity index (χ0) is 25.9. The predicted molar refractivity (Wildman–Crippen MR) is 161 cm³/mol. The molecule has 190 valence electrons. The number of nitrogens with one attached hydrogen (secondary N) is 1. The quantitative estimate of drug-likeness (QED) is 0.266. The maximum absolute atomic E-state index is 12.7. The van der Waals surface area contributed by atoms with E-state index in [2.05, 4.69) is 118 Å². The molecule has 1 heterocycles. The summed E-state index contributed by atoms with van der Waals surface area (Å²) in [5, 5.41) is 3.29. The van der Waals surface area contributed by atoms with Crippen molar-refractivity contribution in [2.45, 2.75) is 19.0 Å². The number of carbonyl (C=O) groups is 1. The van der Waals surface area contributed by atoms with Crippen LogP contribution in [0.15, 0.2) is 109 Å². The standard InChI is InChI=1S/C31H32BrN2O2P/c1-3-34(31(35)33-2)24-19-20-29-28(23-24)30(21-22-36-29)37(32,25-13-7-4-8-14-25,26-15-9-5-10-16-26)27-17-11-6-12-18-27/h4-20,23,30H,3,21-22H2,1-2H3,(H,33,35). The number of nitrogens with zero attached hydrogens (tertiary/aromatic N) is 1. The third kappa shape index (κ3) is 4.05. The van der Waals surface area contributed by atoms with Crippen molar-refractivity contribution in [3.8, 4) is 5.75 Å². The molecule has 0 saturated carbocycles. The van der Waals surface area contributed by atoms with Crippen LogP contribution in [0, 0.1) is 0 Å². The third-order valence-corrected chi connectivity index (χ3v) is 18.3. The topological polar surface area (TPSA) is 41.6 Å². The molecule has 1 aliphatic heterocycles. The fourth-order valence-electron chi connectivity index (χ4n) is 5.76. The van der Waals surface area contributed by atoms with E-state index in [9.17, 15) is 4.79 Å². The van der Waals surface area contributed by atoms with Gasteiger partial charge in [0.2, 0.25) is 0 Å². The molecular weight excluding hydrogens is 543 g/mol. The second-order valence-electron chi connectivity index (χ2n) is 9.25. The van der Waals surface area contributed by atoms with E-state index in [1.165, 1.54) is 15.9 Å². The van der Waals surface area contributed by atoms with Crippen molar-refractivity contribution in [1.29, 1.82) is 0 Å². The van der Waals surface area contributed by atoms with Gasteiger partial charge in [-0.05, 0) is 0 Å². The number of fused-ring (bicyclic) bond motifs is 1. The average molecular weight is 575 g/mol. The molecule has 4 aromatic rings. The summed E-state index contributed by atoms with van der Waals surface area (Å²) in [6.07, 6.45) is 0.838. The van der Waals surface area contributed by atoms with Crippen LogP contribution in [0.2, 0.25) is 0 Å². The van der Waals surface area contributed by atoms with E-state index in [4.69, 9.17) is 4.74 Å². The van der Waals surface area contributed by atoms with Gasteiger partial charge in [-0.3, -0.25) is 0 Å². The molecule has 0 bridgehead atoms. The van der Waals surface area contributed by atoms with E-state index in [-0.39, 0.29) is 11.7 Å². The van der Waals surface area contributed by atoms with E-state index in [1.807, 2.05) is 19.1 Å². The Kier molecular flexibility index (Phi) is 7.11. The Morgan fingerprint density at radius 1 is 0.892 bits per heavy atom. The Hall–Kier alpha value is -3.14. The summed E-state index contributed by atoms with van der Waals surface area (Å²) in [5.41, 5.74) is 2.07. The first-order chi connectivity index (χ1) is 18.0. The van der Waals surface area contributed by atoms with Crippen LogP contribution >= 0.6 is 20.8 Å². The van der Waals surface area contributed by atoms with E-state index >= 15 is 0 Å². The monoisotopic (exact) mass is 574 g/mol. The molecule has 5 rings (SSSR count). The average Bonchev–Trinajstić information content (AvgIpc) is 2.98. The summed E-state index contributed by atoms with van der Waals surface area (Å²) >= 11 is 4.65. The van der Waals surface area contributed by atoms with Crippen LogP contribution in [0.3, 0.4) is 0 Å². The molecule has 1 atom stereocenters. The minimum atomic E-state index is -3.30. The number of hydrogen-bond acceptors (Lipinski definition) is 2. The van der Waals surface area contributed by atoms with Gasteiger partial charge in [-0.15, -0.1) is 0 Å². The molecule has 0 fully saturated rings. The second kappa shape index (κ2) is 10.3. The fourth-order valence-corrected chi connectivity index (χ4v) is 14.7. The molecule has 4 nitrogen and oxygen atoms in total. The number of urea groups is 1. The molecule has 37 heavy (non-hydrogen) atoms. The van der Waals surface area contributed by atoms with Gasteiger partial charge < -0.3 is 0 Å². The maximum atomic E-state index is 12.7. The van der Waals surface area contributed by atoms with Gasteiger partial charge in [0.25, 0.3) is 0 Å². The van der Waals surface area contributed by atoms with E-state index in [1.54, 1.807) is 11.9 Å². The van der Waals surface area contributed by atoms with Crippen molar-refractivity contribution in [2.75, 3.05) is 25.1 Å². The molecule has 4 aromatic carbocycles. The predicted octanol–water partition coefficient (Wildman–Crippen LogP) is 6.52. The Labute approximate surface area is 227 Å². The van der Waals surface area contributed by atoms with Crippen molar-refractivity contribution in [1.82, 2.24) is 5.32 Å². The number of carbonyl (C=O) groups excluding carboxylic acids is 1. The molecule has 1 N–H and O–H groups in total. The Balaban J connectivity index is 1.86. The second-order valence-corrected chi connectivity index (χ2v) is 18.0. The van der Waals surface area contributed by atoms with Crippen molar-refractivity contribution < 1.29 is 9.53 Å². The van der Waals surface area contributed by atoms with Crippen LogP contribution in [-0.2, 0) is 0 Å². The summed E-state index contributed by atoms with van der Waals surface area (Å²) in [6, 6.07) is 38.6. The van der Waals surface area contributed by atoms with Crippen LogP contribution in [0.25, 0.3) is 0 Å². The number of amides is 2. The van der Waals surface area contributed by atoms with Gasteiger partial charge in [0, 0.05) is 0 Å². The number of rotatable bonds is 6. The first-order valence-corrected chi connectivity index (χ1v) is 17.0. The first-order valence-electron chi connectivity index (χ1n) is 12.7. The minimum absolute atomic E-state index is 0.0882. The summed E-state index contributed by atoms with van der Waals surface area (Å²) in [7, 11) is 1.67. The molecule has 0 aromatic heterocycles. The third-order valence-electron chi connectivity index (χ3n) is 7.46. The molecule has 1 unspecified atom stereocenters. The number of hydrogen-bond donors (Lipinski definition) is 1. The molecule has 2 amide bonds. The molecule has 0 spiro atoms. The van der Waals surface area contributed by atoms with Crippen LogP contribution in [-0.4, -0.2) is 26.2 Å². The van der Waals surface area contributed by atoms with Crippen molar-refractivity contribution in [2.24, 2.45) is 0 Å². The van der Waals surface area contributed by atoms with E-state index in [0.29, 0.717) is 13.2 Å². The van der Waals surface area contributed by atoms with Gasteiger partial charge in [-0.1, -0.05) is 0 Å². The number of ether oxygens (including phenoxy) is 1. The van der Waals surface area contributed by atoms with Gasteiger partial charge in [-0.25, -0.2) is 0 Å². The van der Waals surface area contributed by atoms with Crippen LogP contribution in [0.1, 0.15) is 24.6 Å². The molecular formula is C31H32BrN2O2P. The summed E-state index contributed by atoms with van der Waals surface area (Å²) in [4.78, 5) is 14.5. The zero-order valence-electron chi connectivity index (χ0n) is 21.2. The molecule has 0 aliphatic carbocycles. The molecule has 0 radical (unpaired) electrons. The Bertz CT molecular complexity index is 1280. The van der Waals surface area contributed by atoms with Crippen LogP contribution < -0.4 is 30.9 Å². The number of halogens is 1. The zero-order valence-corrected chi connectivity index (χ0v) is 23.7. The SMILES string of the molecule is CCN(C(=O)NC)c1ccc2c(c1)C(P(Br)(c1ccccc1)(c1ccccc1)c1ccccc1)CCO2. The Morgan fingerprint density at radius 3 is 1.86 bits per heavy atom.